The summed E-state index contributed by atoms with van der Waals surface area (Å²) in [6.07, 6.45) is -14.1. The van der Waals surface area contributed by atoms with Gasteiger partial charge in [-0.3, -0.25) is 4.18 Å². The Balaban J connectivity index is 0.0000116. The second-order valence-corrected chi connectivity index (χ2v) is 33.0. The van der Waals surface area contributed by atoms with Crippen molar-refractivity contribution in [2.45, 2.75) is 152 Å². The average Bonchev–Trinajstić information content (AvgIpc) is 0.756. The maximum absolute atomic E-state index is 13.4. The molecule has 10 aromatic rings. The second-order valence-electron chi connectivity index (χ2n) is 27.7. The van der Waals surface area contributed by atoms with E-state index in [1.54, 1.807) is 7.11 Å². The van der Waals surface area contributed by atoms with Crippen molar-refractivity contribution in [2.24, 2.45) is 0 Å². The van der Waals surface area contributed by atoms with Crippen LogP contribution in [0.1, 0.15) is 65.3 Å². The van der Waals surface area contributed by atoms with Gasteiger partial charge in [0.2, 0.25) is 10.4 Å². The molecule has 1 saturated carbocycles. The van der Waals surface area contributed by atoms with Gasteiger partial charge in [-0.05, 0) is 72.1 Å². The van der Waals surface area contributed by atoms with Crippen LogP contribution in [0.5, 0.6) is 5.75 Å². The summed E-state index contributed by atoms with van der Waals surface area (Å²) in [6.45, 7) is 6.05. The Morgan fingerprint density at radius 2 is 0.667 bits per heavy atom. The van der Waals surface area contributed by atoms with Gasteiger partial charge in [-0.25, -0.2) is 8.42 Å². The van der Waals surface area contributed by atoms with Crippen molar-refractivity contribution in [2.75, 3.05) is 26.9 Å². The van der Waals surface area contributed by atoms with Crippen molar-refractivity contribution in [1.82, 2.24) is 0 Å². The normalized spacial score (nSPS) is 21.3. The molecule has 0 aromatic heterocycles. The summed E-state index contributed by atoms with van der Waals surface area (Å²) < 4.78 is 140. The maximum atomic E-state index is 13.4. The Hall–Kier alpha value is -7.39. The van der Waals surface area contributed by atoms with Crippen LogP contribution in [0.25, 0.3) is 0 Å². The monoisotopic (exact) mass is 1510 g/mol. The van der Waals surface area contributed by atoms with Crippen molar-refractivity contribution in [3.05, 3.63) is 342 Å². The van der Waals surface area contributed by atoms with E-state index in [4.69, 9.17) is 65.5 Å². The van der Waals surface area contributed by atoms with Gasteiger partial charge in [-0.15, -0.1) is 0 Å². The largest absolute Gasteiger partial charge is 1.00 e. The number of hydrogen-bond donors (Lipinski definition) is 0. The van der Waals surface area contributed by atoms with Crippen LogP contribution < -0.4 is 44.7 Å². The second kappa shape index (κ2) is 41.0. The van der Waals surface area contributed by atoms with Crippen LogP contribution in [0.4, 0.5) is 0 Å². The molecule has 560 valence electrons. The van der Waals surface area contributed by atoms with E-state index < -0.39 is 110 Å². The third-order valence-corrected chi connectivity index (χ3v) is 24.7. The summed E-state index contributed by atoms with van der Waals surface area (Å²) in [7, 11) is -7.32. The van der Waals surface area contributed by atoms with E-state index in [1.807, 2.05) is 297 Å². The van der Waals surface area contributed by atoms with Crippen molar-refractivity contribution in [3.63, 3.8) is 0 Å². The molecule has 0 bridgehead atoms. The van der Waals surface area contributed by atoms with E-state index in [2.05, 4.69) is 20.8 Å². The van der Waals surface area contributed by atoms with Crippen LogP contribution in [-0.2, 0) is 124 Å². The van der Waals surface area contributed by atoms with Crippen molar-refractivity contribution < 1.29 is 108 Å². The SMILES string of the molecule is COc1ccc(CO[C@@H]2[C@@H](OC[C@H](CO[Si](c3ccccc3)(c3ccccc3)C(C)(C)C)OS(=O)(=O)[O-])[C@H](OCc3ccccc3)[C@@H](OCc3ccccc3)[C@H](OCc3ccccc3)[C@@H]2O[C@H]2O[C@H](COCc3ccccc3)[C@@H](OCc3ccccc3)[C@H](OCc3ccccc3)[C@@H]2OCc2ccccc2)cc1.[Na+]. The molecule has 0 radical (unpaired) electrons. The van der Waals surface area contributed by atoms with Gasteiger partial charge >= 0.3 is 29.6 Å². The Labute approximate surface area is 658 Å². The fourth-order valence-corrected chi connectivity index (χ4v) is 19.0. The Kier molecular flexibility index (Phi) is 31.0. The summed E-state index contributed by atoms with van der Waals surface area (Å²) in [5, 5.41) is 1.26. The predicted octanol–water partition coefficient (Wildman–Crippen LogP) is 11.2. The van der Waals surface area contributed by atoms with Crippen LogP contribution in [0, 0.1) is 0 Å². The van der Waals surface area contributed by atoms with Crippen molar-refractivity contribution in [3.8, 4) is 5.75 Å². The van der Waals surface area contributed by atoms with E-state index in [1.165, 1.54) is 0 Å². The zero-order valence-corrected chi connectivity index (χ0v) is 65.7. The Morgan fingerprint density at radius 1 is 0.370 bits per heavy atom. The smallest absolute Gasteiger partial charge is 0.726 e. The van der Waals surface area contributed by atoms with Crippen molar-refractivity contribution in [1.29, 1.82) is 0 Å². The molecule has 17 nitrogen and oxygen atoms in total. The van der Waals surface area contributed by atoms with Crippen LogP contribution in [0.3, 0.4) is 0 Å². The molecular formula is C88H95NaO17SSi. The minimum atomic E-state index is -5.47. The summed E-state index contributed by atoms with van der Waals surface area (Å²) in [5.41, 5.74) is 6.86. The van der Waals surface area contributed by atoms with Gasteiger partial charge in [0.25, 0.3) is 8.32 Å². The zero-order chi connectivity index (χ0) is 74.1. The molecular weight excluding hydrogens is 1410 g/mol. The van der Waals surface area contributed by atoms with Crippen LogP contribution in [0.2, 0.25) is 5.04 Å². The summed E-state index contributed by atoms with van der Waals surface area (Å²) in [4.78, 5) is 0. The minimum absolute atomic E-state index is 0. The predicted molar refractivity (Wildman–Crippen MR) is 409 cm³/mol. The quantitative estimate of drug-likeness (QED) is 0.0202. The summed E-state index contributed by atoms with van der Waals surface area (Å²) >= 11 is 0. The molecule has 0 spiro atoms. The number of hydrogen-bond acceptors (Lipinski definition) is 17. The van der Waals surface area contributed by atoms with Crippen molar-refractivity contribution >= 4 is 29.1 Å². The average molecular weight is 1510 g/mol. The number of ether oxygens (including phenoxy) is 12. The van der Waals surface area contributed by atoms with Gasteiger partial charge in [0.05, 0.1) is 79.8 Å². The standard InChI is InChI=1S/C88H96O17SSi.Na/c1-88(2,3)107(75-46-28-12-29-47-75,76-48-30-13-31-49-76)102-63-74(105-106(89,90)91)62-101-82-80(96-57-68-38-20-8-21-39-68)81(97-58-69-40-22-9-23-41-69)83(98-59-70-42-24-10-25-43-70)85(84(82)99-61-72-50-52-73(92-4)53-51-72)104-87-86(100-60-71-44-26-11-27-45-71)79(95-56-67-36-18-7-19-37-67)78(94-55-66-34-16-6-17-35-66)77(103-87)64-93-54-65-32-14-5-15-33-65;/h5-53,74,77-87H,54-64H2,1-4H3,(H,89,90,91);/q;+1/p-1/t74-,77-,78-,79+,80-,81-,82+,83+,84-,85+,86+,87-;/m1./s1. The molecule has 0 amide bonds. The molecule has 12 atom stereocenters. The van der Waals surface area contributed by atoms with Gasteiger partial charge in [0, 0.05) is 0 Å². The maximum Gasteiger partial charge on any atom is 1.00 e. The third kappa shape index (κ3) is 22.9. The van der Waals surface area contributed by atoms with E-state index in [0.717, 1.165) is 54.9 Å². The Morgan fingerprint density at radius 3 is 1.01 bits per heavy atom. The molecule has 1 aliphatic carbocycles. The number of methoxy groups -OCH3 is 1. The molecule has 2 aliphatic rings. The van der Waals surface area contributed by atoms with E-state index >= 15 is 0 Å². The molecule has 20 heteroatoms. The van der Waals surface area contributed by atoms with Gasteiger partial charge in [0.15, 0.2) is 6.29 Å². The van der Waals surface area contributed by atoms with E-state index in [0.29, 0.717) is 5.75 Å². The minimum Gasteiger partial charge on any atom is -0.726 e. The first-order valence-electron chi connectivity index (χ1n) is 36.4. The molecule has 0 N–H and O–H groups in total. The molecule has 1 saturated heterocycles. The molecule has 1 heterocycles. The molecule has 2 fully saturated rings. The third-order valence-electron chi connectivity index (χ3n) is 19.2. The number of rotatable bonds is 38. The van der Waals surface area contributed by atoms with Crippen LogP contribution in [0.15, 0.2) is 297 Å². The summed E-state index contributed by atoms with van der Waals surface area (Å²) in [5.74, 6) is 0.629. The van der Waals surface area contributed by atoms with E-state index in [-0.39, 0.29) is 89.0 Å². The number of benzene rings is 10. The fraction of sp³-hybridized carbons (Fsp3) is 0.318. The molecule has 108 heavy (non-hydrogen) atoms. The van der Waals surface area contributed by atoms with Gasteiger partial charge in [-0.1, -0.05) is 306 Å². The fourth-order valence-electron chi connectivity index (χ4n) is 13.9. The Bertz CT molecular complexity index is 4250. The topological polar surface area (TPSA) is 186 Å². The van der Waals surface area contributed by atoms with E-state index in [9.17, 15) is 13.0 Å². The van der Waals surface area contributed by atoms with Crippen LogP contribution >= 0.6 is 0 Å². The molecule has 10 aromatic carbocycles. The summed E-state index contributed by atoms with van der Waals surface area (Å²) in [6, 6.07) is 96.1. The molecule has 0 unspecified atom stereocenters. The first-order chi connectivity index (χ1) is 52.3. The zero-order valence-electron chi connectivity index (χ0n) is 61.8. The van der Waals surface area contributed by atoms with Gasteiger partial charge in [-0.2, -0.15) is 0 Å². The van der Waals surface area contributed by atoms with Crippen LogP contribution in [-0.4, -0.2) is 122 Å². The molecule has 1 aliphatic heterocycles. The first-order valence-corrected chi connectivity index (χ1v) is 39.6. The molecule has 12 rings (SSSR count). The first kappa shape index (κ1) is 81.6. The van der Waals surface area contributed by atoms with Gasteiger partial charge in [0.1, 0.15) is 72.9 Å². The van der Waals surface area contributed by atoms with Gasteiger partial charge < -0.3 is 65.8 Å².